The molecule has 0 bridgehead atoms. The van der Waals surface area contributed by atoms with Crippen LogP contribution in [-0.2, 0) is 9.63 Å². The van der Waals surface area contributed by atoms with Gasteiger partial charge in [-0.1, -0.05) is 0 Å². The molecule has 0 atom stereocenters. The minimum Gasteiger partial charge on any atom is -0.393 e. The van der Waals surface area contributed by atoms with Crippen LogP contribution >= 0.6 is 0 Å². The first kappa shape index (κ1) is 14.2. The summed E-state index contributed by atoms with van der Waals surface area (Å²) in [6.07, 6.45) is -6.23. The van der Waals surface area contributed by atoms with E-state index < -0.39 is 36.4 Å². The third kappa shape index (κ3) is 2.55. The smallest absolute Gasteiger partial charge is 0.393 e. The highest BCUT2D eigenvalue weighted by molar-refractivity contribution is 5.82. The van der Waals surface area contributed by atoms with E-state index in [2.05, 4.69) is 4.84 Å². The molecule has 0 unspecified atom stereocenters. The maximum Gasteiger partial charge on any atom is 0.403 e. The molecule has 0 aliphatic heterocycles. The molecule has 0 aromatic heterocycles. The Morgan fingerprint density at radius 3 is 2.24 bits per heavy atom. The highest BCUT2D eigenvalue weighted by atomic mass is 19.4. The molecule has 0 spiro atoms. The highest BCUT2D eigenvalue weighted by Gasteiger charge is 2.61. The van der Waals surface area contributed by atoms with E-state index in [-0.39, 0.29) is 12.8 Å². The molecule has 1 saturated carbocycles. The number of amides is 1. The molecule has 0 saturated heterocycles. The van der Waals surface area contributed by atoms with Crippen molar-refractivity contribution >= 4 is 5.91 Å². The zero-order valence-electron chi connectivity index (χ0n) is 9.75. The molecule has 0 aromatic carbocycles. The van der Waals surface area contributed by atoms with Crippen molar-refractivity contribution in [1.29, 1.82) is 0 Å². The van der Waals surface area contributed by atoms with Gasteiger partial charge >= 0.3 is 6.18 Å². The van der Waals surface area contributed by atoms with Gasteiger partial charge in [0.2, 0.25) is 0 Å². The summed E-state index contributed by atoms with van der Waals surface area (Å²) >= 11 is 0. The fraction of sp³-hybridized carbons (Fsp3) is 0.900. The molecule has 1 aliphatic carbocycles. The number of hydrogen-bond acceptors (Lipinski definition) is 3. The van der Waals surface area contributed by atoms with Crippen LogP contribution in [0.3, 0.4) is 0 Å². The molecular formula is C10H16F3NO3. The summed E-state index contributed by atoms with van der Waals surface area (Å²) in [6, 6.07) is 0. The lowest BCUT2D eigenvalue weighted by molar-refractivity contribution is -0.253. The number of aliphatic hydroxyl groups excluding tert-OH is 1. The summed E-state index contributed by atoms with van der Waals surface area (Å²) in [4.78, 5) is 16.3. The van der Waals surface area contributed by atoms with Crippen LogP contribution in [0.4, 0.5) is 13.2 Å². The largest absolute Gasteiger partial charge is 0.403 e. The third-order valence-electron chi connectivity index (χ3n) is 3.32. The molecule has 1 fully saturated rings. The minimum absolute atomic E-state index is 0.0250. The maximum absolute atomic E-state index is 13.1. The van der Waals surface area contributed by atoms with Crippen molar-refractivity contribution in [3.05, 3.63) is 0 Å². The van der Waals surface area contributed by atoms with E-state index in [0.29, 0.717) is 5.06 Å². The third-order valence-corrected chi connectivity index (χ3v) is 3.32. The summed E-state index contributed by atoms with van der Waals surface area (Å²) < 4.78 is 39.3. The average molecular weight is 255 g/mol. The summed E-state index contributed by atoms with van der Waals surface area (Å²) in [5.74, 6) is -1.10. The summed E-state index contributed by atoms with van der Waals surface area (Å²) in [5, 5.41) is 9.86. The van der Waals surface area contributed by atoms with Crippen LogP contribution in [0.15, 0.2) is 0 Å². The van der Waals surface area contributed by atoms with Gasteiger partial charge in [-0.3, -0.25) is 9.63 Å². The van der Waals surface area contributed by atoms with Crippen LogP contribution in [0.1, 0.15) is 25.7 Å². The van der Waals surface area contributed by atoms with E-state index >= 15 is 0 Å². The van der Waals surface area contributed by atoms with Gasteiger partial charge in [0, 0.05) is 7.05 Å². The van der Waals surface area contributed by atoms with Crippen molar-refractivity contribution in [1.82, 2.24) is 5.06 Å². The lowest BCUT2D eigenvalue weighted by atomic mass is 9.71. The fourth-order valence-corrected chi connectivity index (χ4v) is 2.10. The summed E-state index contributed by atoms with van der Waals surface area (Å²) in [5.41, 5.74) is -2.42. The van der Waals surface area contributed by atoms with Crippen molar-refractivity contribution in [2.75, 3.05) is 14.2 Å². The number of carbonyl (C=O) groups is 1. The molecule has 1 rings (SSSR count). The van der Waals surface area contributed by atoms with Crippen LogP contribution in [0.2, 0.25) is 0 Å². The van der Waals surface area contributed by atoms with Gasteiger partial charge in [0.1, 0.15) is 5.41 Å². The number of rotatable bonds is 2. The fourth-order valence-electron chi connectivity index (χ4n) is 2.10. The second-order valence-electron chi connectivity index (χ2n) is 4.30. The first-order valence-corrected chi connectivity index (χ1v) is 5.31. The van der Waals surface area contributed by atoms with E-state index in [1.807, 2.05) is 0 Å². The number of hydroxylamine groups is 2. The molecule has 0 radical (unpaired) electrons. The van der Waals surface area contributed by atoms with Gasteiger partial charge in [-0.25, -0.2) is 5.06 Å². The molecule has 7 heteroatoms. The normalized spacial score (nSPS) is 30.1. The molecule has 0 aromatic rings. The number of aliphatic hydroxyl groups is 1. The average Bonchev–Trinajstić information content (AvgIpc) is 2.26. The van der Waals surface area contributed by atoms with E-state index in [0.717, 1.165) is 14.2 Å². The van der Waals surface area contributed by atoms with E-state index in [1.54, 1.807) is 0 Å². The van der Waals surface area contributed by atoms with Crippen molar-refractivity contribution in [3.63, 3.8) is 0 Å². The van der Waals surface area contributed by atoms with Gasteiger partial charge < -0.3 is 5.11 Å². The standard InChI is InChI=1S/C10H16F3NO3/c1-14(17-2)8(16)9(10(11,12)13)5-3-7(15)4-6-9/h7,15H,3-6H2,1-2H3. The van der Waals surface area contributed by atoms with E-state index in [1.165, 1.54) is 0 Å². The van der Waals surface area contributed by atoms with Crippen LogP contribution in [0.5, 0.6) is 0 Å². The van der Waals surface area contributed by atoms with E-state index in [4.69, 9.17) is 0 Å². The zero-order valence-corrected chi connectivity index (χ0v) is 9.75. The molecule has 0 heterocycles. The Kier molecular flexibility index (Phi) is 4.03. The minimum atomic E-state index is -4.63. The Morgan fingerprint density at radius 1 is 1.41 bits per heavy atom. The summed E-state index contributed by atoms with van der Waals surface area (Å²) in [6.45, 7) is 0. The van der Waals surface area contributed by atoms with Gasteiger partial charge in [-0.2, -0.15) is 13.2 Å². The number of carbonyl (C=O) groups excluding carboxylic acids is 1. The molecule has 1 aliphatic rings. The van der Waals surface area contributed by atoms with Gasteiger partial charge in [-0.05, 0) is 25.7 Å². The van der Waals surface area contributed by atoms with Gasteiger partial charge in [0.25, 0.3) is 5.91 Å². The number of nitrogens with zero attached hydrogens (tertiary/aromatic N) is 1. The van der Waals surface area contributed by atoms with Crippen LogP contribution in [-0.4, -0.2) is 42.5 Å². The zero-order chi connectivity index (χ0) is 13.3. The Hall–Kier alpha value is -0.820. The number of halogens is 3. The molecule has 100 valence electrons. The van der Waals surface area contributed by atoms with Gasteiger partial charge in [0.15, 0.2) is 0 Å². The quantitative estimate of drug-likeness (QED) is 0.760. The second kappa shape index (κ2) is 4.81. The molecule has 1 amide bonds. The van der Waals surface area contributed by atoms with Gasteiger partial charge in [-0.15, -0.1) is 0 Å². The van der Waals surface area contributed by atoms with E-state index in [9.17, 15) is 23.1 Å². The monoisotopic (exact) mass is 255 g/mol. The SMILES string of the molecule is CON(C)C(=O)C1(C(F)(F)F)CCC(O)CC1. The van der Waals surface area contributed by atoms with Gasteiger partial charge in [0.05, 0.1) is 13.2 Å². The Labute approximate surface area is 97.3 Å². The number of hydrogen-bond donors (Lipinski definition) is 1. The lowest BCUT2D eigenvalue weighted by Crippen LogP contribution is -2.53. The Balaban J connectivity index is 3.00. The van der Waals surface area contributed by atoms with Crippen LogP contribution in [0.25, 0.3) is 0 Å². The topological polar surface area (TPSA) is 49.8 Å². The van der Waals surface area contributed by atoms with Crippen molar-refractivity contribution < 1.29 is 27.9 Å². The Bertz CT molecular complexity index is 285. The van der Waals surface area contributed by atoms with Crippen LogP contribution in [0, 0.1) is 5.41 Å². The van der Waals surface area contributed by atoms with Crippen LogP contribution < -0.4 is 0 Å². The molecule has 17 heavy (non-hydrogen) atoms. The Morgan fingerprint density at radius 2 is 1.88 bits per heavy atom. The summed E-state index contributed by atoms with van der Waals surface area (Å²) in [7, 11) is 2.29. The van der Waals surface area contributed by atoms with Crippen molar-refractivity contribution in [2.24, 2.45) is 5.41 Å². The molecule has 1 N–H and O–H groups in total. The molecule has 4 nitrogen and oxygen atoms in total. The lowest BCUT2D eigenvalue weighted by Gasteiger charge is -2.40. The second-order valence-corrected chi connectivity index (χ2v) is 4.30. The van der Waals surface area contributed by atoms with Crippen molar-refractivity contribution in [3.8, 4) is 0 Å². The molecular weight excluding hydrogens is 239 g/mol. The van der Waals surface area contributed by atoms with Crippen molar-refractivity contribution in [2.45, 2.75) is 38.0 Å². The highest BCUT2D eigenvalue weighted by Crippen LogP contribution is 2.50. The maximum atomic E-state index is 13.1. The number of alkyl halides is 3. The predicted molar refractivity (Wildman–Crippen MR) is 52.7 cm³/mol. The first-order valence-electron chi connectivity index (χ1n) is 5.31. The predicted octanol–water partition coefficient (Wildman–Crippen LogP) is 1.49. The first-order chi connectivity index (χ1) is 7.74.